The van der Waals surface area contributed by atoms with E-state index < -0.39 is 11.2 Å². The SMILES string of the molecule is Cn1c(=O)c2[nH]c(-c3cc(=O)c4ccccc4o3)nc2n(C)c1=O. The van der Waals surface area contributed by atoms with Crippen molar-refractivity contribution in [1.29, 1.82) is 0 Å². The monoisotopic (exact) mass is 324 g/mol. The molecule has 0 amide bonds. The van der Waals surface area contributed by atoms with Crippen LogP contribution in [0.4, 0.5) is 0 Å². The summed E-state index contributed by atoms with van der Waals surface area (Å²) in [7, 11) is 2.91. The highest BCUT2D eigenvalue weighted by Gasteiger charge is 2.16. The Bertz CT molecular complexity index is 1290. The molecule has 0 bridgehead atoms. The topological polar surface area (TPSA) is 103 Å². The maximum absolute atomic E-state index is 12.2. The Morgan fingerprint density at radius 3 is 2.62 bits per heavy atom. The fourth-order valence-electron chi connectivity index (χ4n) is 2.66. The average Bonchev–Trinajstić information content (AvgIpc) is 3.04. The molecule has 0 saturated heterocycles. The van der Waals surface area contributed by atoms with Gasteiger partial charge in [-0.25, -0.2) is 9.78 Å². The third kappa shape index (κ3) is 1.86. The van der Waals surface area contributed by atoms with Crippen molar-refractivity contribution >= 4 is 22.1 Å². The number of benzene rings is 1. The molecule has 8 heteroatoms. The molecule has 0 unspecified atom stereocenters. The number of fused-ring (bicyclic) bond motifs is 2. The number of aromatic nitrogens is 4. The Morgan fingerprint density at radius 2 is 1.83 bits per heavy atom. The van der Waals surface area contributed by atoms with Gasteiger partial charge in [-0.2, -0.15) is 0 Å². The quantitative estimate of drug-likeness (QED) is 0.556. The number of aryl methyl sites for hydroxylation is 1. The van der Waals surface area contributed by atoms with Gasteiger partial charge in [0.2, 0.25) is 0 Å². The summed E-state index contributed by atoms with van der Waals surface area (Å²) in [5.74, 6) is 0.413. The van der Waals surface area contributed by atoms with Crippen LogP contribution in [0.1, 0.15) is 0 Å². The van der Waals surface area contributed by atoms with E-state index in [4.69, 9.17) is 4.42 Å². The maximum atomic E-state index is 12.2. The molecule has 1 aromatic carbocycles. The van der Waals surface area contributed by atoms with Crippen molar-refractivity contribution in [3.05, 3.63) is 61.4 Å². The van der Waals surface area contributed by atoms with Gasteiger partial charge in [0.25, 0.3) is 5.56 Å². The number of aromatic amines is 1. The van der Waals surface area contributed by atoms with E-state index in [-0.39, 0.29) is 28.2 Å². The molecule has 0 fully saturated rings. The van der Waals surface area contributed by atoms with E-state index in [9.17, 15) is 14.4 Å². The van der Waals surface area contributed by atoms with Gasteiger partial charge in [0.15, 0.2) is 22.7 Å². The molecule has 8 nitrogen and oxygen atoms in total. The van der Waals surface area contributed by atoms with Gasteiger partial charge in [-0.05, 0) is 12.1 Å². The first-order chi connectivity index (χ1) is 11.5. The van der Waals surface area contributed by atoms with Gasteiger partial charge in [-0.15, -0.1) is 0 Å². The molecule has 0 radical (unpaired) electrons. The van der Waals surface area contributed by atoms with Gasteiger partial charge in [-0.3, -0.25) is 18.7 Å². The fourth-order valence-corrected chi connectivity index (χ4v) is 2.66. The van der Waals surface area contributed by atoms with E-state index in [1.807, 2.05) is 0 Å². The predicted octanol–water partition coefficient (Wildman–Crippen LogP) is 0.734. The number of para-hydroxylation sites is 1. The number of nitrogens with zero attached hydrogens (tertiary/aromatic N) is 3. The number of rotatable bonds is 1. The molecule has 3 aromatic heterocycles. The Kier molecular flexibility index (Phi) is 2.83. The second-order valence-electron chi connectivity index (χ2n) is 5.46. The molecule has 3 heterocycles. The molecule has 0 aliphatic carbocycles. The van der Waals surface area contributed by atoms with Crippen molar-refractivity contribution < 1.29 is 4.42 Å². The molecule has 0 aliphatic heterocycles. The minimum Gasteiger partial charge on any atom is -0.453 e. The Labute approximate surface area is 133 Å². The van der Waals surface area contributed by atoms with Gasteiger partial charge >= 0.3 is 5.69 Å². The number of H-pyrrole nitrogens is 1. The molecular weight excluding hydrogens is 312 g/mol. The smallest absolute Gasteiger partial charge is 0.332 e. The van der Waals surface area contributed by atoms with E-state index in [0.717, 1.165) is 4.57 Å². The van der Waals surface area contributed by atoms with Crippen LogP contribution in [0, 0.1) is 0 Å². The summed E-state index contributed by atoms with van der Waals surface area (Å²) in [6, 6.07) is 8.16. The van der Waals surface area contributed by atoms with Gasteiger partial charge in [0, 0.05) is 20.2 Å². The van der Waals surface area contributed by atoms with Crippen molar-refractivity contribution in [1.82, 2.24) is 19.1 Å². The molecule has 0 aliphatic rings. The van der Waals surface area contributed by atoms with Crippen molar-refractivity contribution in [3.63, 3.8) is 0 Å². The number of hydrogen-bond acceptors (Lipinski definition) is 5. The minimum atomic E-state index is -0.491. The highest BCUT2D eigenvalue weighted by atomic mass is 16.3. The van der Waals surface area contributed by atoms with Crippen LogP contribution in [0.2, 0.25) is 0 Å². The van der Waals surface area contributed by atoms with Crippen molar-refractivity contribution in [3.8, 4) is 11.6 Å². The Hall–Kier alpha value is -3.42. The summed E-state index contributed by atoms with van der Waals surface area (Å²) in [6.45, 7) is 0. The standard InChI is InChI=1S/C16H12N4O4/c1-19-14-12(15(22)20(2)16(19)23)17-13(18-14)11-7-9(21)8-5-3-4-6-10(8)24-11/h3-7H,1-2H3,(H,17,18). The summed E-state index contributed by atoms with van der Waals surface area (Å²) < 4.78 is 7.96. The summed E-state index contributed by atoms with van der Waals surface area (Å²) in [4.78, 5) is 43.5. The zero-order valence-corrected chi connectivity index (χ0v) is 12.9. The van der Waals surface area contributed by atoms with E-state index in [2.05, 4.69) is 9.97 Å². The lowest BCUT2D eigenvalue weighted by atomic mass is 10.2. The van der Waals surface area contributed by atoms with Crippen LogP contribution >= 0.6 is 0 Å². The van der Waals surface area contributed by atoms with Gasteiger partial charge in [0.05, 0.1) is 5.39 Å². The van der Waals surface area contributed by atoms with Crippen molar-refractivity contribution in [2.45, 2.75) is 0 Å². The summed E-state index contributed by atoms with van der Waals surface area (Å²) in [5, 5.41) is 0.459. The van der Waals surface area contributed by atoms with Crippen LogP contribution in [0.15, 0.2) is 49.1 Å². The number of imidazole rings is 1. The van der Waals surface area contributed by atoms with Crippen LogP contribution in [-0.2, 0) is 14.1 Å². The minimum absolute atomic E-state index is 0.172. The van der Waals surface area contributed by atoms with Crippen LogP contribution in [-0.4, -0.2) is 19.1 Å². The summed E-state index contributed by atoms with van der Waals surface area (Å²) in [6.07, 6.45) is 0. The van der Waals surface area contributed by atoms with E-state index in [1.165, 1.54) is 24.7 Å². The molecule has 0 saturated carbocycles. The van der Waals surface area contributed by atoms with Crippen molar-refractivity contribution in [2.24, 2.45) is 14.1 Å². The van der Waals surface area contributed by atoms with E-state index >= 15 is 0 Å². The van der Waals surface area contributed by atoms with Gasteiger partial charge in [-0.1, -0.05) is 12.1 Å². The van der Waals surface area contributed by atoms with Crippen molar-refractivity contribution in [2.75, 3.05) is 0 Å². The largest absolute Gasteiger partial charge is 0.453 e. The Balaban J connectivity index is 2.06. The molecule has 0 atom stereocenters. The van der Waals surface area contributed by atoms with Crippen LogP contribution in [0.25, 0.3) is 33.7 Å². The molecule has 120 valence electrons. The lowest BCUT2D eigenvalue weighted by Gasteiger charge is -2.00. The highest BCUT2D eigenvalue weighted by Crippen LogP contribution is 2.20. The first-order valence-corrected chi connectivity index (χ1v) is 7.16. The van der Waals surface area contributed by atoms with Gasteiger partial charge < -0.3 is 9.40 Å². The highest BCUT2D eigenvalue weighted by molar-refractivity contribution is 5.79. The van der Waals surface area contributed by atoms with E-state index in [0.29, 0.717) is 11.0 Å². The number of hydrogen-bond donors (Lipinski definition) is 1. The second kappa shape index (κ2) is 4.79. The fraction of sp³-hybridized carbons (Fsp3) is 0.125. The zero-order valence-electron chi connectivity index (χ0n) is 12.9. The van der Waals surface area contributed by atoms with Crippen LogP contribution in [0.3, 0.4) is 0 Å². The van der Waals surface area contributed by atoms with Crippen LogP contribution < -0.4 is 16.7 Å². The lowest BCUT2D eigenvalue weighted by Crippen LogP contribution is -2.36. The Morgan fingerprint density at radius 1 is 1.08 bits per heavy atom. The molecule has 4 rings (SSSR count). The van der Waals surface area contributed by atoms with Gasteiger partial charge in [0.1, 0.15) is 11.1 Å². The molecular formula is C16H12N4O4. The summed E-state index contributed by atoms with van der Waals surface area (Å²) in [5.41, 5.74) is -0.392. The first kappa shape index (κ1) is 14.2. The summed E-state index contributed by atoms with van der Waals surface area (Å²) >= 11 is 0. The maximum Gasteiger partial charge on any atom is 0.332 e. The second-order valence-corrected chi connectivity index (χ2v) is 5.46. The lowest BCUT2D eigenvalue weighted by molar-refractivity contribution is 0.614. The third-order valence-electron chi connectivity index (χ3n) is 3.96. The zero-order chi connectivity index (χ0) is 17.0. The number of nitrogens with one attached hydrogen (secondary N) is 1. The predicted molar refractivity (Wildman–Crippen MR) is 88.1 cm³/mol. The normalized spacial score (nSPS) is 11.4. The molecule has 24 heavy (non-hydrogen) atoms. The van der Waals surface area contributed by atoms with E-state index in [1.54, 1.807) is 24.3 Å². The average molecular weight is 324 g/mol. The molecule has 4 aromatic rings. The first-order valence-electron chi connectivity index (χ1n) is 7.16. The third-order valence-corrected chi connectivity index (χ3v) is 3.96. The molecule has 0 spiro atoms. The molecule has 1 N–H and O–H groups in total. The van der Waals surface area contributed by atoms with Crippen LogP contribution in [0.5, 0.6) is 0 Å².